The molecule has 1 rings (SSSR count). The first-order chi connectivity index (χ1) is 9.44. The van der Waals surface area contributed by atoms with E-state index >= 15 is 0 Å². The summed E-state index contributed by atoms with van der Waals surface area (Å²) >= 11 is 0. The molecule has 1 aromatic rings. The van der Waals surface area contributed by atoms with Gasteiger partial charge in [0.05, 0.1) is 0 Å². The molecule has 0 aliphatic rings. The summed E-state index contributed by atoms with van der Waals surface area (Å²) in [4.78, 5) is 1.13. The lowest BCUT2D eigenvalue weighted by Gasteiger charge is -2.28. The molecule has 0 bridgehead atoms. The first kappa shape index (κ1) is 17.8. The van der Waals surface area contributed by atoms with E-state index in [1.54, 1.807) is 0 Å². The van der Waals surface area contributed by atoms with Crippen LogP contribution in [0, 0.1) is 17.0 Å². The second kappa shape index (κ2) is 6.25. The molecular formula is C13H21F2N3O2S. The van der Waals surface area contributed by atoms with Crippen LogP contribution in [0.25, 0.3) is 0 Å². The summed E-state index contributed by atoms with van der Waals surface area (Å²) in [6.45, 7) is 4.45. The van der Waals surface area contributed by atoms with Gasteiger partial charge in [0.15, 0.2) is 11.6 Å². The molecule has 0 atom stereocenters. The van der Waals surface area contributed by atoms with E-state index in [-0.39, 0.29) is 17.6 Å². The van der Waals surface area contributed by atoms with Gasteiger partial charge < -0.3 is 10.6 Å². The van der Waals surface area contributed by atoms with E-state index in [2.05, 4.69) is 4.72 Å². The zero-order valence-corrected chi connectivity index (χ0v) is 13.4. The van der Waals surface area contributed by atoms with Crippen LogP contribution in [0.15, 0.2) is 17.0 Å². The van der Waals surface area contributed by atoms with Gasteiger partial charge in [0.1, 0.15) is 4.90 Å². The minimum Gasteiger partial charge on any atom is -0.399 e. The highest BCUT2D eigenvalue weighted by Gasteiger charge is 2.26. The van der Waals surface area contributed by atoms with Gasteiger partial charge in [-0.3, -0.25) is 0 Å². The summed E-state index contributed by atoms with van der Waals surface area (Å²) in [5, 5.41) is 0. The van der Waals surface area contributed by atoms with E-state index in [0.717, 1.165) is 12.1 Å². The lowest BCUT2D eigenvalue weighted by Crippen LogP contribution is -2.40. The Morgan fingerprint density at radius 3 is 2.38 bits per heavy atom. The molecule has 5 nitrogen and oxygen atoms in total. The number of nitrogen functional groups attached to an aromatic ring is 1. The van der Waals surface area contributed by atoms with Crippen LogP contribution < -0.4 is 10.5 Å². The number of sulfonamides is 1. The smallest absolute Gasteiger partial charge is 0.243 e. The molecular weight excluding hydrogens is 300 g/mol. The van der Waals surface area contributed by atoms with Crippen molar-refractivity contribution in [2.45, 2.75) is 18.7 Å². The summed E-state index contributed by atoms with van der Waals surface area (Å²) < 4.78 is 53.4. The fourth-order valence-corrected chi connectivity index (χ4v) is 3.42. The number of nitrogens with one attached hydrogen (secondary N) is 1. The van der Waals surface area contributed by atoms with Crippen LogP contribution in [0.3, 0.4) is 0 Å². The molecule has 0 radical (unpaired) electrons. The summed E-state index contributed by atoms with van der Waals surface area (Å²) in [5.41, 5.74) is 4.85. The molecule has 0 aliphatic carbocycles. The monoisotopic (exact) mass is 321 g/mol. The van der Waals surface area contributed by atoms with Crippen LogP contribution in [0.2, 0.25) is 0 Å². The highest BCUT2D eigenvalue weighted by Crippen LogP contribution is 2.22. The molecule has 0 fully saturated rings. The maximum absolute atomic E-state index is 13.6. The molecule has 0 aliphatic heterocycles. The summed E-state index contributed by atoms with van der Waals surface area (Å²) in [6.07, 6.45) is 0. The van der Waals surface area contributed by atoms with E-state index in [9.17, 15) is 17.2 Å². The van der Waals surface area contributed by atoms with Crippen LogP contribution >= 0.6 is 0 Å². The zero-order chi connectivity index (χ0) is 16.4. The average molecular weight is 321 g/mol. The highest BCUT2D eigenvalue weighted by molar-refractivity contribution is 7.89. The van der Waals surface area contributed by atoms with Gasteiger partial charge in [-0.25, -0.2) is 21.9 Å². The van der Waals surface area contributed by atoms with Crippen LogP contribution in [-0.2, 0) is 10.0 Å². The fourth-order valence-electron chi connectivity index (χ4n) is 2.06. The zero-order valence-electron chi connectivity index (χ0n) is 12.6. The Morgan fingerprint density at radius 2 is 1.86 bits per heavy atom. The minimum atomic E-state index is -4.17. The van der Waals surface area contributed by atoms with Crippen molar-refractivity contribution in [3.63, 3.8) is 0 Å². The Balaban J connectivity index is 2.98. The number of halogens is 2. The van der Waals surface area contributed by atoms with Gasteiger partial charge in [-0.1, -0.05) is 13.8 Å². The van der Waals surface area contributed by atoms with E-state index < -0.39 is 26.6 Å². The maximum Gasteiger partial charge on any atom is 0.243 e. The molecule has 0 amide bonds. The average Bonchev–Trinajstić information content (AvgIpc) is 2.30. The number of benzene rings is 1. The Hall–Kier alpha value is -1.25. The lowest BCUT2D eigenvalue weighted by atomic mass is 9.93. The molecule has 3 N–H and O–H groups in total. The Labute approximate surface area is 124 Å². The molecule has 120 valence electrons. The number of nitrogens with zero attached hydrogens (tertiary/aromatic N) is 1. The summed E-state index contributed by atoms with van der Waals surface area (Å²) in [7, 11) is -0.440. The Morgan fingerprint density at radius 1 is 1.29 bits per heavy atom. The third kappa shape index (κ3) is 4.90. The van der Waals surface area contributed by atoms with Gasteiger partial charge in [-0.05, 0) is 31.6 Å². The molecule has 0 heterocycles. The van der Waals surface area contributed by atoms with Crippen molar-refractivity contribution in [3.05, 3.63) is 23.8 Å². The van der Waals surface area contributed by atoms with Crippen molar-refractivity contribution in [2.75, 3.05) is 32.9 Å². The summed E-state index contributed by atoms with van der Waals surface area (Å²) in [6, 6.07) is 1.64. The van der Waals surface area contributed by atoms with Gasteiger partial charge >= 0.3 is 0 Å². The van der Waals surface area contributed by atoms with E-state index in [4.69, 9.17) is 5.73 Å². The molecule has 0 unspecified atom stereocenters. The van der Waals surface area contributed by atoms with Gasteiger partial charge in [0.2, 0.25) is 10.0 Å². The Bertz CT molecular complexity index is 616. The largest absolute Gasteiger partial charge is 0.399 e. The molecule has 0 spiro atoms. The van der Waals surface area contributed by atoms with Crippen molar-refractivity contribution >= 4 is 15.7 Å². The normalized spacial score (nSPS) is 12.9. The third-order valence-corrected chi connectivity index (χ3v) is 4.19. The van der Waals surface area contributed by atoms with Crippen molar-refractivity contribution < 1.29 is 17.2 Å². The van der Waals surface area contributed by atoms with Crippen molar-refractivity contribution in [2.24, 2.45) is 5.41 Å². The van der Waals surface area contributed by atoms with E-state index in [0.29, 0.717) is 6.54 Å². The van der Waals surface area contributed by atoms with Gasteiger partial charge in [-0.2, -0.15) is 0 Å². The standard InChI is InChI=1S/C13H21F2N3O2S/c1-13(2,8-18(3)4)7-17-21(19,20)11-6-9(16)5-10(14)12(11)15/h5-6,17H,7-8,16H2,1-4H3. The van der Waals surface area contributed by atoms with Gasteiger partial charge in [-0.15, -0.1) is 0 Å². The minimum absolute atomic E-state index is 0.0867. The molecule has 1 aromatic carbocycles. The highest BCUT2D eigenvalue weighted by atomic mass is 32.2. The Kier molecular flexibility index (Phi) is 5.30. The number of rotatable bonds is 6. The first-order valence-corrected chi connectivity index (χ1v) is 7.82. The topological polar surface area (TPSA) is 75.4 Å². The number of anilines is 1. The molecule has 21 heavy (non-hydrogen) atoms. The molecule has 0 saturated heterocycles. The predicted molar refractivity (Wildman–Crippen MR) is 78.3 cm³/mol. The molecule has 8 heteroatoms. The number of hydrogen-bond donors (Lipinski definition) is 2. The fraction of sp³-hybridized carbons (Fsp3) is 0.538. The van der Waals surface area contributed by atoms with Crippen molar-refractivity contribution in [3.8, 4) is 0 Å². The lowest BCUT2D eigenvalue weighted by molar-refractivity contribution is 0.242. The maximum atomic E-state index is 13.6. The second-order valence-corrected chi connectivity index (χ2v) is 7.78. The summed E-state index contributed by atoms with van der Waals surface area (Å²) in [5.74, 6) is -2.72. The molecule has 0 aromatic heterocycles. The van der Waals surface area contributed by atoms with Crippen molar-refractivity contribution in [1.82, 2.24) is 9.62 Å². The third-order valence-electron chi connectivity index (χ3n) is 2.79. The van der Waals surface area contributed by atoms with E-state index in [1.807, 2.05) is 32.8 Å². The van der Waals surface area contributed by atoms with Crippen molar-refractivity contribution in [1.29, 1.82) is 0 Å². The van der Waals surface area contributed by atoms with Crippen LogP contribution in [-0.4, -0.2) is 40.5 Å². The van der Waals surface area contributed by atoms with Crippen LogP contribution in [0.5, 0.6) is 0 Å². The van der Waals surface area contributed by atoms with Gasteiger partial charge in [0.25, 0.3) is 0 Å². The SMILES string of the molecule is CN(C)CC(C)(C)CNS(=O)(=O)c1cc(N)cc(F)c1F. The number of nitrogens with two attached hydrogens (primary N) is 1. The first-order valence-electron chi connectivity index (χ1n) is 6.33. The van der Waals surface area contributed by atoms with Gasteiger partial charge in [0, 0.05) is 18.8 Å². The second-order valence-electron chi connectivity index (χ2n) is 6.04. The number of hydrogen-bond acceptors (Lipinski definition) is 4. The van der Waals surface area contributed by atoms with Crippen LogP contribution in [0.1, 0.15) is 13.8 Å². The van der Waals surface area contributed by atoms with E-state index in [1.165, 1.54) is 0 Å². The van der Waals surface area contributed by atoms with Crippen LogP contribution in [0.4, 0.5) is 14.5 Å². The quantitative estimate of drug-likeness (QED) is 0.777. The molecule has 0 saturated carbocycles. The predicted octanol–water partition coefficient (Wildman–Crippen LogP) is 1.41.